The van der Waals surface area contributed by atoms with Crippen LogP contribution in [0.15, 0.2) is 17.5 Å². The first-order chi connectivity index (χ1) is 8.99. The SMILES string of the molecule is Cc1nc(-c2ccc(C)c(C)c2OCC(=O)O)cs1. The molecule has 0 aliphatic carbocycles. The molecule has 2 rings (SSSR count). The number of carbonyl (C=O) groups is 1. The summed E-state index contributed by atoms with van der Waals surface area (Å²) in [5.74, 6) is -0.381. The average molecular weight is 277 g/mol. The van der Waals surface area contributed by atoms with Crippen LogP contribution in [-0.2, 0) is 4.79 Å². The molecule has 0 saturated heterocycles. The van der Waals surface area contributed by atoms with Crippen molar-refractivity contribution in [3.63, 3.8) is 0 Å². The molecule has 0 amide bonds. The summed E-state index contributed by atoms with van der Waals surface area (Å²) < 4.78 is 5.44. The van der Waals surface area contributed by atoms with Crippen LogP contribution in [0.4, 0.5) is 0 Å². The molecular weight excluding hydrogens is 262 g/mol. The van der Waals surface area contributed by atoms with Crippen LogP contribution >= 0.6 is 11.3 Å². The van der Waals surface area contributed by atoms with E-state index in [0.29, 0.717) is 5.75 Å². The predicted molar refractivity (Wildman–Crippen MR) is 74.9 cm³/mol. The van der Waals surface area contributed by atoms with Crippen LogP contribution in [-0.4, -0.2) is 22.7 Å². The third-order valence-electron chi connectivity index (χ3n) is 2.91. The zero-order valence-electron chi connectivity index (χ0n) is 11.1. The van der Waals surface area contributed by atoms with Gasteiger partial charge in [-0.3, -0.25) is 0 Å². The Balaban J connectivity index is 2.47. The molecule has 1 aromatic heterocycles. The number of aromatic nitrogens is 1. The number of rotatable bonds is 4. The monoisotopic (exact) mass is 277 g/mol. The van der Waals surface area contributed by atoms with Crippen LogP contribution < -0.4 is 4.74 Å². The van der Waals surface area contributed by atoms with Crippen LogP contribution in [0.25, 0.3) is 11.3 Å². The average Bonchev–Trinajstić information content (AvgIpc) is 2.77. The smallest absolute Gasteiger partial charge is 0.341 e. The predicted octanol–water partition coefficient (Wildman–Crippen LogP) is 3.20. The lowest BCUT2D eigenvalue weighted by Crippen LogP contribution is -2.11. The summed E-state index contributed by atoms with van der Waals surface area (Å²) in [5.41, 5.74) is 3.68. The van der Waals surface area contributed by atoms with Crippen molar-refractivity contribution in [1.29, 1.82) is 0 Å². The van der Waals surface area contributed by atoms with Gasteiger partial charge in [-0.15, -0.1) is 11.3 Å². The minimum Gasteiger partial charge on any atom is -0.481 e. The summed E-state index contributed by atoms with van der Waals surface area (Å²) in [7, 11) is 0. The molecule has 0 aliphatic heterocycles. The van der Waals surface area contributed by atoms with Gasteiger partial charge in [0.25, 0.3) is 0 Å². The van der Waals surface area contributed by atoms with Gasteiger partial charge in [0, 0.05) is 10.9 Å². The molecule has 100 valence electrons. The van der Waals surface area contributed by atoms with E-state index in [-0.39, 0.29) is 6.61 Å². The van der Waals surface area contributed by atoms with Gasteiger partial charge in [0.15, 0.2) is 6.61 Å². The molecule has 0 spiro atoms. The van der Waals surface area contributed by atoms with Crippen LogP contribution in [0.1, 0.15) is 16.1 Å². The summed E-state index contributed by atoms with van der Waals surface area (Å²) >= 11 is 1.56. The maximum absolute atomic E-state index is 10.7. The minimum absolute atomic E-state index is 0.347. The molecule has 0 radical (unpaired) electrons. The Morgan fingerprint density at radius 3 is 2.68 bits per heavy atom. The summed E-state index contributed by atoms with van der Waals surface area (Å²) in [4.78, 5) is 15.1. The molecular formula is C14H15NO3S. The second-order valence-electron chi connectivity index (χ2n) is 4.32. The zero-order valence-corrected chi connectivity index (χ0v) is 11.9. The van der Waals surface area contributed by atoms with E-state index in [1.54, 1.807) is 11.3 Å². The number of aryl methyl sites for hydroxylation is 2. The Kier molecular flexibility index (Phi) is 3.85. The van der Waals surface area contributed by atoms with Crippen LogP contribution in [0.2, 0.25) is 0 Å². The summed E-state index contributed by atoms with van der Waals surface area (Å²) in [6, 6.07) is 3.92. The van der Waals surface area contributed by atoms with Crippen molar-refractivity contribution in [2.75, 3.05) is 6.61 Å². The highest BCUT2D eigenvalue weighted by molar-refractivity contribution is 7.09. The highest BCUT2D eigenvalue weighted by atomic mass is 32.1. The molecule has 0 bridgehead atoms. The topological polar surface area (TPSA) is 59.4 Å². The van der Waals surface area contributed by atoms with Gasteiger partial charge < -0.3 is 9.84 Å². The van der Waals surface area contributed by atoms with Gasteiger partial charge in [-0.05, 0) is 38.0 Å². The third kappa shape index (κ3) is 2.93. The molecule has 2 aromatic rings. The molecule has 1 aromatic carbocycles. The number of hydrogen-bond donors (Lipinski definition) is 1. The van der Waals surface area contributed by atoms with E-state index in [1.807, 2.05) is 38.3 Å². The van der Waals surface area contributed by atoms with Crippen molar-refractivity contribution < 1.29 is 14.6 Å². The van der Waals surface area contributed by atoms with E-state index in [9.17, 15) is 4.79 Å². The number of thiazole rings is 1. The first-order valence-electron chi connectivity index (χ1n) is 5.86. The fraction of sp³-hybridized carbons (Fsp3) is 0.286. The van der Waals surface area contributed by atoms with E-state index in [4.69, 9.17) is 9.84 Å². The molecule has 0 unspecified atom stereocenters. The Labute approximate surface area is 115 Å². The number of carboxylic acid groups (broad SMARTS) is 1. The molecule has 1 heterocycles. The van der Waals surface area contributed by atoms with Gasteiger partial charge in [-0.2, -0.15) is 0 Å². The molecule has 0 saturated carbocycles. The first-order valence-corrected chi connectivity index (χ1v) is 6.74. The van der Waals surface area contributed by atoms with Gasteiger partial charge in [-0.1, -0.05) is 6.07 Å². The minimum atomic E-state index is -0.985. The van der Waals surface area contributed by atoms with Crippen LogP contribution in [0, 0.1) is 20.8 Å². The molecule has 4 nitrogen and oxygen atoms in total. The highest BCUT2D eigenvalue weighted by Crippen LogP contribution is 2.35. The molecule has 0 atom stereocenters. The molecule has 0 fully saturated rings. The van der Waals surface area contributed by atoms with E-state index in [0.717, 1.165) is 27.4 Å². The summed E-state index contributed by atoms with van der Waals surface area (Å²) in [6.07, 6.45) is 0. The van der Waals surface area contributed by atoms with Crippen molar-refractivity contribution in [3.8, 4) is 17.0 Å². The largest absolute Gasteiger partial charge is 0.481 e. The normalized spacial score (nSPS) is 10.5. The van der Waals surface area contributed by atoms with Crippen molar-refractivity contribution in [1.82, 2.24) is 4.98 Å². The van der Waals surface area contributed by atoms with E-state index < -0.39 is 5.97 Å². The van der Waals surface area contributed by atoms with Gasteiger partial charge in [0.05, 0.1) is 10.7 Å². The molecule has 1 N–H and O–H groups in total. The fourth-order valence-electron chi connectivity index (χ4n) is 1.80. The second-order valence-corrected chi connectivity index (χ2v) is 5.38. The van der Waals surface area contributed by atoms with Gasteiger partial charge in [0.2, 0.25) is 0 Å². The Morgan fingerprint density at radius 2 is 2.11 bits per heavy atom. The Bertz CT molecular complexity index is 619. The van der Waals surface area contributed by atoms with E-state index in [1.165, 1.54) is 0 Å². The number of carboxylic acids is 1. The quantitative estimate of drug-likeness (QED) is 0.932. The van der Waals surface area contributed by atoms with Crippen molar-refractivity contribution >= 4 is 17.3 Å². The lowest BCUT2D eigenvalue weighted by Gasteiger charge is -2.13. The number of aliphatic carboxylic acids is 1. The third-order valence-corrected chi connectivity index (χ3v) is 3.69. The van der Waals surface area contributed by atoms with Gasteiger partial charge in [0.1, 0.15) is 5.75 Å². The second kappa shape index (κ2) is 5.40. The molecule has 19 heavy (non-hydrogen) atoms. The maximum atomic E-state index is 10.7. The van der Waals surface area contributed by atoms with Crippen LogP contribution in [0.3, 0.4) is 0 Å². The number of nitrogens with zero attached hydrogens (tertiary/aromatic N) is 1. The van der Waals surface area contributed by atoms with Gasteiger partial charge in [-0.25, -0.2) is 9.78 Å². The van der Waals surface area contributed by atoms with Crippen molar-refractivity contribution in [3.05, 3.63) is 33.6 Å². The maximum Gasteiger partial charge on any atom is 0.341 e. The van der Waals surface area contributed by atoms with Crippen LogP contribution in [0.5, 0.6) is 5.75 Å². The first kappa shape index (κ1) is 13.5. The lowest BCUT2D eigenvalue weighted by atomic mass is 10.0. The summed E-state index contributed by atoms with van der Waals surface area (Å²) in [5, 5.41) is 11.7. The lowest BCUT2D eigenvalue weighted by molar-refractivity contribution is -0.139. The number of hydrogen-bond acceptors (Lipinski definition) is 4. The highest BCUT2D eigenvalue weighted by Gasteiger charge is 2.14. The number of benzene rings is 1. The molecule has 0 aliphatic rings. The standard InChI is InChI=1S/C14H15NO3S/c1-8-4-5-11(12-7-19-10(3)15-12)14(9(8)2)18-6-13(16)17/h4-5,7H,6H2,1-3H3,(H,16,17). The summed E-state index contributed by atoms with van der Waals surface area (Å²) in [6.45, 7) is 5.49. The van der Waals surface area contributed by atoms with E-state index in [2.05, 4.69) is 4.98 Å². The Hall–Kier alpha value is -1.88. The Morgan fingerprint density at radius 1 is 1.37 bits per heavy atom. The van der Waals surface area contributed by atoms with Crippen molar-refractivity contribution in [2.45, 2.75) is 20.8 Å². The number of ether oxygens (including phenoxy) is 1. The zero-order chi connectivity index (χ0) is 14.0. The fourth-order valence-corrected chi connectivity index (χ4v) is 2.41. The molecule has 5 heteroatoms. The van der Waals surface area contributed by atoms with Crippen molar-refractivity contribution in [2.24, 2.45) is 0 Å². The van der Waals surface area contributed by atoms with Gasteiger partial charge >= 0.3 is 5.97 Å². The van der Waals surface area contributed by atoms with E-state index >= 15 is 0 Å².